The zero-order valence-electron chi connectivity index (χ0n) is 7.68. The van der Waals surface area contributed by atoms with Crippen molar-refractivity contribution < 1.29 is 13.2 Å². The molecule has 1 atom stereocenters. The Morgan fingerprint density at radius 3 is 2.40 bits per heavy atom. The maximum Gasteiger partial charge on any atom is 0.416 e. The molecule has 0 aromatic heterocycles. The summed E-state index contributed by atoms with van der Waals surface area (Å²) in [5.41, 5.74) is 10.2. The molecule has 0 spiro atoms. The maximum atomic E-state index is 12.4. The van der Waals surface area contributed by atoms with Gasteiger partial charge in [-0.3, -0.25) is 0 Å². The number of benzene rings is 1. The summed E-state index contributed by atoms with van der Waals surface area (Å²) in [6.45, 7) is 0.0427. The van der Waals surface area contributed by atoms with E-state index in [1.54, 1.807) is 0 Å². The van der Waals surface area contributed by atoms with Gasteiger partial charge in [-0.15, -0.1) is 0 Å². The Hall–Kier alpha value is -0.780. The van der Waals surface area contributed by atoms with Crippen molar-refractivity contribution in [3.8, 4) is 0 Å². The van der Waals surface area contributed by atoms with E-state index in [4.69, 9.17) is 23.1 Å². The third-order valence-electron chi connectivity index (χ3n) is 1.98. The molecule has 84 valence electrons. The fourth-order valence-electron chi connectivity index (χ4n) is 1.13. The molecule has 1 rings (SSSR count). The van der Waals surface area contributed by atoms with E-state index in [0.717, 1.165) is 12.1 Å². The summed E-state index contributed by atoms with van der Waals surface area (Å²) in [6.07, 6.45) is -4.40. The molecule has 0 saturated heterocycles. The van der Waals surface area contributed by atoms with E-state index in [1.165, 1.54) is 6.07 Å². The Labute approximate surface area is 90.0 Å². The lowest BCUT2D eigenvalue weighted by molar-refractivity contribution is -0.137. The highest BCUT2D eigenvalue weighted by Gasteiger charge is 2.31. The van der Waals surface area contributed by atoms with E-state index in [1.807, 2.05) is 0 Å². The van der Waals surface area contributed by atoms with Gasteiger partial charge in [-0.05, 0) is 23.8 Å². The van der Waals surface area contributed by atoms with Crippen molar-refractivity contribution in [2.24, 2.45) is 11.5 Å². The van der Waals surface area contributed by atoms with Crippen LogP contribution < -0.4 is 11.5 Å². The zero-order chi connectivity index (χ0) is 11.6. The molecule has 0 radical (unpaired) electrons. The highest BCUT2D eigenvalue weighted by Crippen LogP contribution is 2.33. The van der Waals surface area contributed by atoms with Gasteiger partial charge in [0.2, 0.25) is 0 Å². The van der Waals surface area contributed by atoms with Gasteiger partial charge < -0.3 is 11.5 Å². The van der Waals surface area contributed by atoms with Crippen LogP contribution in [0.25, 0.3) is 0 Å². The average molecular weight is 239 g/mol. The summed E-state index contributed by atoms with van der Waals surface area (Å²) in [6, 6.07) is 2.34. The molecule has 0 aliphatic carbocycles. The van der Waals surface area contributed by atoms with E-state index in [2.05, 4.69) is 0 Å². The van der Waals surface area contributed by atoms with Gasteiger partial charge >= 0.3 is 6.18 Å². The predicted molar refractivity (Wildman–Crippen MR) is 52.4 cm³/mol. The molecule has 0 fully saturated rings. The molecular formula is C9H10ClF3N2. The third kappa shape index (κ3) is 2.84. The number of nitrogens with two attached hydrogens (primary N) is 2. The fraction of sp³-hybridized carbons (Fsp3) is 0.333. The molecule has 2 nitrogen and oxygen atoms in total. The molecular weight excluding hydrogens is 229 g/mol. The van der Waals surface area contributed by atoms with Gasteiger partial charge in [-0.1, -0.05) is 11.6 Å². The molecule has 0 bridgehead atoms. The Bertz CT molecular complexity index is 352. The molecule has 0 amide bonds. The minimum absolute atomic E-state index is 0.0427. The quantitative estimate of drug-likeness (QED) is 0.831. The lowest BCUT2D eigenvalue weighted by atomic mass is 10.0. The van der Waals surface area contributed by atoms with Gasteiger partial charge in [0.05, 0.1) is 5.56 Å². The van der Waals surface area contributed by atoms with Gasteiger partial charge in [0.15, 0.2) is 0 Å². The molecule has 15 heavy (non-hydrogen) atoms. The van der Waals surface area contributed by atoms with Crippen LogP contribution >= 0.6 is 11.6 Å². The molecule has 0 unspecified atom stereocenters. The van der Waals surface area contributed by atoms with Crippen molar-refractivity contribution in [3.63, 3.8) is 0 Å². The second-order valence-corrected chi connectivity index (χ2v) is 3.48. The van der Waals surface area contributed by atoms with Crippen molar-refractivity contribution in [1.29, 1.82) is 0 Å². The van der Waals surface area contributed by atoms with Crippen LogP contribution in [0.5, 0.6) is 0 Å². The first-order chi connectivity index (χ1) is 6.86. The normalized spacial score (nSPS) is 14.0. The van der Waals surface area contributed by atoms with Gasteiger partial charge in [0.25, 0.3) is 0 Å². The summed E-state index contributed by atoms with van der Waals surface area (Å²) >= 11 is 5.72. The van der Waals surface area contributed by atoms with Crippen molar-refractivity contribution in [3.05, 3.63) is 34.3 Å². The number of hydrogen-bond acceptors (Lipinski definition) is 2. The molecule has 0 heterocycles. The minimum Gasteiger partial charge on any atom is -0.329 e. The highest BCUT2D eigenvalue weighted by molar-refractivity contribution is 6.31. The van der Waals surface area contributed by atoms with Gasteiger partial charge in [-0.2, -0.15) is 13.2 Å². The maximum absolute atomic E-state index is 12.4. The predicted octanol–water partition coefficient (Wildman–Crippen LogP) is 2.32. The van der Waals surface area contributed by atoms with Gasteiger partial charge in [0, 0.05) is 17.6 Å². The van der Waals surface area contributed by atoms with Crippen LogP contribution in [0.4, 0.5) is 13.2 Å². The Balaban J connectivity index is 3.17. The Kier molecular flexibility index (Phi) is 3.59. The number of alkyl halides is 3. The average Bonchev–Trinajstić information content (AvgIpc) is 2.15. The van der Waals surface area contributed by atoms with E-state index in [9.17, 15) is 13.2 Å². The summed E-state index contributed by atoms with van der Waals surface area (Å²) in [5.74, 6) is 0. The molecule has 1 aromatic carbocycles. The second kappa shape index (κ2) is 4.38. The molecule has 4 N–H and O–H groups in total. The first-order valence-electron chi connectivity index (χ1n) is 4.18. The molecule has 6 heteroatoms. The summed E-state index contributed by atoms with van der Waals surface area (Å²) < 4.78 is 37.1. The van der Waals surface area contributed by atoms with Gasteiger partial charge in [-0.25, -0.2) is 0 Å². The van der Waals surface area contributed by atoms with Crippen molar-refractivity contribution >= 4 is 11.6 Å². The van der Waals surface area contributed by atoms with Crippen molar-refractivity contribution in [2.45, 2.75) is 12.2 Å². The number of halogens is 4. The fourth-order valence-corrected chi connectivity index (χ4v) is 1.39. The van der Waals surface area contributed by atoms with E-state index >= 15 is 0 Å². The zero-order valence-corrected chi connectivity index (χ0v) is 8.44. The van der Waals surface area contributed by atoms with Crippen LogP contribution in [-0.2, 0) is 6.18 Å². The van der Waals surface area contributed by atoms with E-state index in [-0.39, 0.29) is 17.1 Å². The van der Waals surface area contributed by atoms with Crippen LogP contribution in [0, 0.1) is 0 Å². The number of hydrogen-bond donors (Lipinski definition) is 2. The highest BCUT2D eigenvalue weighted by atomic mass is 35.5. The van der Waals surface area contributed by atoms with Crippen molar-refractivity contribution in [1.82, 2.24) is 0 Å². The molecule has 0 aliphatic heterocycles. The standard InChI is InChI=1S/C9H10ClF3N2/c10-7-2-1-5(9(11,12)13)3-6(7)8(15)4-14/h1-3,8H,4,14-15H2/t8-/m0/s1. The molecule has 0 aliphatic rings. The Morgan fingerprint density at radius 1 is 1.33 bits per heavy atom. The summed E-state index contributed by atoms with van der Waals surface area (Å²) in [5, 5.41) is 0.195. The number of rotatable bonds is 2. The lowest BCUT2D eigenvalue weighted by Crippen LogP contribution is -2.21. The van der Waals surface area contributed by atoms with E-state index in [0.29, 0.717) is 0 Å². The van der Waals surface area contributed by atoms with Crippen LogP contribution in [0.1, 0.15) is 17.2 Å². The monoisotopic (exact) mass is 238 g/mol. The van der Waals surface area contributed by atoms with Crippen LogP contribution in [0.3, 0.4) is 0 Å². The SMILES string of the molecule is NC[C@H](N)c1cc(C(F)(F)F)ccc1Cl. The van der Waals surface area contributed by atoms with Crippen molar-refractivity contribution in [2.75, 3.05) is 6.54 Å². The van der Waals surface area contributed by atoms with Crippen LogP contribution in [-0.4, -0.2) is 6.54 Å². The minimum atomic E-state index is -4.40. The van der Waals surface area contributed by atoms with E-state index < -0.39 is 17.8 Å². The summed E-state index contributed by atoms with van der Waals surface area (Å²) in [7, 11) is 0. The second-order valence-electron chi connectivity index (χ2n) is 3.08. The summed E-state index contributed by atoms with van der Waals surface area (Å²) in [4.78, 5) is 0. The topological polar surface area (TPSA) is 52.0 Å². The first kappa shape index (κ1) is 12.3. The largest absolute Gasteiger partial charge is 0.416 e. The molecule has 0 saturated carbocycles. The Morgan fingerprint density at radius 2 is 1.93 bits per heavy atom. The molecule has 1 aromatic rings. The third-order valence-corrected chi connectivity index (χ3v) is 2.32. The van der Waals surface area contributed by atoms with Gasteiger partial charge in [0.1, 0.15) is 0 Å². The van der Waals surface area contributed by atoms with Crippen LogP contribution in [0.2, 0.25) is 5.02 Å². The van der Waals surface area contributed by atoms with Crippen LogP contribution in [0.15, 0.2) is 18.2 Å². The smallest absolute Gasteiger partial charge is 0.329 e. The first-order valence-corrected chi connectivity index (χ1v) is 4.56. The lowest BCUT2D eigenvalue weighted by Gasteiger charge is -2.14.